The van der Waals surface area contributed by atoms with Crippen LogP contribution < -0.4 is 4.74 Å². The molecule has 0 N–H and O–H groups in total. The summed E-state index contributed by atoms with van der Waals surface area (Å²) >= 11 is 0. The second-order valence-electron chi connectivity index (χ2n) is 4.19. The largest absolute Gasteiger partial charge is 0.481 e. The number of aromatic nitrogens is 1. The molecule has 0 unspecified atom stereocenters. The summed E-state index contributed by atoms with van der Waals surface area (Å²) in [5.74, 6) is 0.692. The van der Waals surface area contributed by atoms with Crippen LogP contribution in [-0.4, -0.2) is 12.1 Å². The summed E-state index contributed by atoms with van der Waals surface area (Å²) in [6.07, 6.45) is 0. The highest BCUT2D eigenvalue weighted by Gasteiger charge is 2.07. The summed E-state index contributed by atoms with van der Waals surface area (Å²) in [7, 11) is 1.66. The zero-order chi connectivity index (χ0) is 11.8. The molecule has 0 saturated carbocycles. The van der Waals surface area contributed by atoms with Crippen molar-refractivity contribution in [3.8, 4) is 5.88 Å². The van der Waals surface area contributed by atoms with Gasteiger partial charge in [-0.3, -0.25) is 0 Å². The number of nitrogens with zero attached hydrogens (tertiary/aromatic N) is 1. The van der Waals surface area contributed by atoms with Gasteiger partial charge in [0, 0.05) is 10.8 Å². The van der Waals surface area contributed by atoms with E-state index < -0.39 is 0 Å². The van der Waals surface area contributed by atoms with Gasteiger partial charge in [-0.25, -0.2) is 4.98 Å². The molecule has 0 fully saturated rings. The number of methoxy groups -OCH3 is 1. The first-order valence-electron chi connectivity index (χ1n) is 5.62. The lowest BCUT2D eigenvalue weighted by molar-refractivity contribution is 0.405. The number of benzene rings is 2. The van der Waals surface area contributed by atoms with Gasteiger partial charge in [-0.05, 0) is 30.5 Å². The summed E-state index contributed by atoms with van der Waals surface area (Å²) in [5.41, 5.74) is 2.22. The third-order valence-corrected chi connectivity index (χ3v) is 3.02. The number of ether oxygens (including phenoxy) is 1. The van der Waals surface area contributed by atoms with Gasteiger partial charge in [0.2, 0.25) is 5.88 Å². The fraction of sp³-hybridized carbons (Fsp3) is 0.133. The van der Waals surface area contributed by atoms with Crippen LogP contribution in [0.25, 0.3) is 21.7 Å². The maximum Gasteiger partial charge on any atom is 0.221 e. The number of pyridine rings is 1. The predicted octanol–water partition coefficient (Wildman–Crippen LogP) is 3.71. The summed E-state index contributed by atoms with van der Waals surface area (Å²) in [6, 6.07) is 14.5. The van der Waals surface area contributed by atoms with E-state index in [1.807, 2.05) is 24.3 Å². The van der Waals surface area contributed by atoms with Crippen LogP contribution in [0.2, 0.25) is 0 Å². The van der Waals surface area contributed by atoms with E-state index in [1.165, 1.54) is 16.3 Å². The number of rotatable bonds is 1. The molecule has 0 aliphatic rings. The molecule has 84 valence electrons. The van der Waals surface area contributed by atoms with E-state index in [-0.39, 0.29) is 0 Å². The minimum absolute atomic E-state index is 0.692. The SMILES string of the molecule is COc1nc2ccc(C)cc2c2ccccc12. The molecule has 0 saturated heterocycles. The molecule has 2 nitrogen and oxygen atoms in total. The van der Waals surface area contributed by atoms with Crippen LogP contribution in [0.15, 0.2) is 42.5 Å². The molecule has 0 amide bonds. The van der Waals surface area contributed by atoms with Crippen molar-refractivity contribution < 1.29 is 4.74 Å². The van der Waals surface area contributed by atoms with Gasteiger partial charge in [0.15, 0.2) is 0 Å². The fourth-order valence-electron chi connectivity index (χ4n) is 2.19. The van der Waals surface area contributed by atoms with Crippen molar-refractivity contribution in [1.29, 1.82) is 0 Å². The van der Waals surface area contributed by atoms with Gasteiger partial charge in [-0.2, -0.15) is 0 Å². The van der Waals surface area contributed by atoms with Crippen LogP contribution in [0.5, 0.6) is 5.88 Å². The molecule has 17 heavy (non-hydrogen) atoms. The third-order valence-electron chi connectivity index (χ3n) is 3.02. The summed E-state index contributed by atoms with van der Waals surface area (Å²) in [6.45, 7) is 2.10. The third kappa shape index (κ3) is 1.53. The molecule has 0 aliphatic carbocycles. The quantitative estimate of drug-likeness (QED) is 0.587. The second-order valence-corrected chi connectivity index (χ2v) is 4.19. The van der Waals surface area contributed by atoms with E-state index in [0.717, 1.165) is 10.9 Å². The van der Waals surface area contributed by atoms with E-state index in [2.05, 4.69) is 30.1 Å². The van der Waals surface area contributed by atoms with E-state index in [0.29, 0.717) is 5.88 Å². The van der Waals surface area contributed by atoms with Gasteiger partial charge in [0.1, 0.15) is 0 Å². The van der Waals surface area contributed by atoms with Gasteiger partial charge in [-0.1, -0.05) is 29.8 Å². The Kier molecular flexibility index (Phi) is 2.22. The molecule has 0 bridgehead atoms. The monoisotopic (exact) mass is 223 g/mol. The Bertz CT molecular complexity index is 704. The fourth-order valence-corrected chi connectivity index (χ4v) is 2.19. The molecular formula is C15H13NO. The summed E-state index contributed by atoms with van der Waals surface area (Å²) in [4.78, 5) is 4.54. The molecule has 0 radical (unpaired) electrons. The van der Waals surface area contributed by atoms with Crippen molar-refractivity contribution >= 4 is 21.7 Å². The standard InChI is InChI=1S/C15H13NO/c1-10-7-8-14-13(9-10)11-5-3-4-6-12(11)15(16-14)17-2/h3-9H,1-2H3. The number of hydrogen-bond donors (Lipinski definition) is 0. The zero-order valence-corrected chi connectivity index (χ0v) is 9.90. The molecule has 2 aromatic carbocycles. The van der Waals surface area contributed by atoms with E-state index in [4.69, 9.17) is 4.74 Å². The number of hydrogen-bond acceptors (Lipinski definition) is 2. The van der Waals surface area contributed by atoms with Gasteiger partial charge in [0.05, 0.1) is 12.6 Å². The Morgan fingerprint density at radius 2 is 1.71 bits per heavy atom. The van der Waals surface area contributed by atoms with Crippen molar-refractivity contribution in [3.63, 3.8) is 0 Å². The molecule has 0 atom stereocenters. The van der Waals surface area contributed by atoms with Crippen LogP contribution in [-0.2, 0) is 0 Å². The van der Waals surface area contributed by atoms with Crippen LogP contribution in [0.4, 0.5) is 0 Å². The number of fused-ring (bicyclic) bond motifs is 3. The van der Waals surface area contributed by atoms with E-state index >= 15 is 0 Å². The highest BCUT2D eigenvalue weighted by molar-refractivity contribution is 6.07. The molecule has 3 rings (SSSR count). The molecule has 0 aliphatic heterocycles. The number of aryl methyl sites for hydroxylation is 1. The van der Waals surface area contributed by atoms with Crippen LogP contribution >= 0.6 is 0 Å². The first kappa shape index (κ1) is 10.1. The van der Waals surface area contributed by atoms with Crippen molar-refractivity contribution in [2.75, 3.05) is 7.11 Å². The van der Waals surface area contributed by atoms with Gasteiger partial charge in [-0.15, -0.1) is 0 Å². The molecule has 1 heterocycles. The Hall–Kier alpha value is -2.09. The maximum atomic E-state index is 5.35. The first-order chi connectivity index (χ1) is 8.29. The Morgan fingerprint density at radius 1 is 0.941 bits per heavy atom. The lowest BCUT2D eigenvalue weighted by Crippen LogP contribution is -1.91. The van der Waals surface area contributed by atoms with Crippen molar-refractivity contribution in [2.45, 2.75) is 6.92 Å². The normalized spacial score (nSPS) is 10.9. The molecule has 2 heteroatoms. The average Bonchev–Trinajstić information content (AvgIpc) is 2.38. The van der Waals surface area contributed by atoms with Crippen LogP contribution in [0, 0.1) is 6.92 Å². The van der Waals surface area contributed by atoms with E-state index in [9.17, 15) is 0 Å². The van der Waals surface area contributed by atoms with Crippen LogP contribution in [0.3, 0.4) is 0 Å². The smallest absolute Gasteiger partial charge is 0.221 e. The lowest BCUT2D eigenvalue weighted by atomic mass is 10.0. The van der Waals surface area contributed by atoms with Gasteiger partial charge >= 0.3 is 0 Å². The molecule has 1 aromatic heterocycles. The van der Waals surface area contributed by atoms with Crippen molar-refractivity contribution in [3.05, 3.63) is 48.0 Å². The van der Waals surface area contributed by atoms with E-state index in [1.54, 1.807) is 7.11 Å². The topological polar surface area (TPSA) is 22.1 Å². The summed E-state index contributed by atoms with van der Waals surface area (Å²) < 4.78 is 5.35. The highest BCUT2D eigenvalue weighted by Crippen LogP contribution is 2.30. The Morgan fingerprint density at radius 3 is 2.47 bits per heavy atom. The highest BCUT2D eigenvalue weighted by atomic mass is 16.5. The summed E-state index contributed by atoms with van der Waals surface area (Å²) in [5, 5.41) is 3.44. The zero-order valence-electron chi connectivity index (χ0n) is 9.90. The van der Waals surface area contributed by atoms with Crippen molar-refractivity contribution in [1.82, 2.24) is 4.98 Å². The molecular weight excluding hydrogens is 210 g/mol. The Balaban J connectivity index is 2.55. The minimum atomic E-state index is 0.692. The van der Waals surface area contributed by atoms with Crippen LogP contribution in [0.1, 0.15) is 5.56 Å². The predicted molar refractivity (Wildman–Crippen MR) is 70.5 cm³/mol. The second kappa shape index (κ2) is 3.74. The Labute approximate surface area is 99.9 Å². The van der Waals surface area contributed by atoms with Gasteiger partial charge < -0.3 is 4.74 Å². The van der Waals surface area contributed by atoms with Crippen molar-refractivity contribution in [2.24, 2.45) is 0 Å². The maximum absolute atomic E-state index is 5.35. The molecule has 3 aromatic rings. The lowest BCUT2D eigenvalue weighted by Gasteiger charge is -2.08. The minimum Gasteiger partial charge on any atom is -0.481 e. The average molecular weight is 223 g/mol. The molecule has 0 spiro atoms. The first-order valence-corrected chi connectivity index (χ1v) is 5.62. The van der Waals surface area contributed by atoms with Gasteiger partial charge in [0.25, 0.3) is 0 Å².